The van der Waals surface area contributed by atoms with Crippen molar-refractivity contribution in [2.45, 2.75) is 20.4 Å². The molecule has 4 rings (SSSR count). The molecule has 0 unspecified atom stereocenters. The van der Waals surface area contributed by atoms with Crippen molar-refractivity contribution >= 4 is 38.2 Å². The van der Waals surface area contributed by atoms with Crippen molar-refractivity contribution in [2.24, 2.45) is 12.0 Å². The van der Waals surface area contributed by atoms with Crippen LogP contribution in [-0.4, -0.2) is 20.3 Å². The van der Waals surface area contributed by atoms with E-state index in [1.54, 1.807) is 16.0 Å². The van der Waals surface area contributed by atoms with Gasteiger partial charge in [-0.05, 0) is 25.3 Å². The second-order valence-electron chi connectivity index (χ2n) is 6.02. The van der Waals surface area contributed by atoms with Crippen molar-refractivity contribution in [1.82, 2.24) is 14.3 Å². The summed E-state index contributed by atoms with van der Waals surface area (Å²) in [6, 6.07) is 12.5. The van der Waals surface area contributed by atoms with E-state index in [0.717, 1.165) is 22.3 Å². The molecule has 2 aromatic carbocycles. The molecule has 0 spiro atoms. The Morgan fingerprint density at radius 2 is 2.04 bits per heavy atom. The average Bonchev–Trinajstić information content (AvgIpc) is 3.13. The minimum atomic E-state index is -0.295. The molecule has 0 saturated carbocycles. The van der Waals surface area contributed by atoms with Crippen LogP contribution in [0.1, 0.15) is 23.0 Å². The summed E-state index contributed by atoms with van der Waals surface area (Å²) in [7, 11) is 1.81. The molecule has 6 heteroatoms. The summed E-state index contributed by atoms with van der Waals surface area (Å²) >= 11 is 1.55. The second kappa shape index (κ2) is 5.97. The lowest BCUT2D eigenvalue weighted by atomic mass is 10.1. The maximum atomic E-state index is 12.6. The predicted octanol–water partition coefficient (Wildman–Crippen LogP) is 3.66. The first-order valence-corrected chi connectivity index (χ1v) is 9.00. The van der Waals surface area contributed by atoms with Gasteiger partial charge in [0.25, 0.3) is 5.91 Å². The molecule has 25 heavy (non-hydrogen) atoms. The van der Waals surface area contributed by atoms with Gasteiger partial charge >= 0.3 is 0 Å². The summed E-state index contributed by atoms with van der Waals surface area (Å²) in [5, 5.41) is 6.62. The Bertz CT molecular complexity index is 1180. The quantitative estimate of drug-likeness (QED) is 0.554. The molecular formula is C19H18N4OS. The minimum absolute atomic E-state index is 0.295. The number of rotatable bonds is 2. The molecule has 0 radical (unpaired) electrons. The van der Waals surface area contributed by atoms with Gasteiger partial charge in [0.1, 0.15) is 0 Å². The molecule has 126 valence electrons. The molecule has 5 nitrogen and oxygen atoms in total. The van der Waals surface area contributed by atoms with E-state index in [1.165, 1.54) is 10.8 Å². The number of carbonyl (C=O) groups is 1. The summed E-state index contributed by atoms with van der Waals surface area (Å²) in [5.41, 5.74) is 2.36. The van der Waals surface area contributed by atoms with Crippen LogP contribution >= 0.6 is 11.3 Å². The zero-order valence-electron chi connectivity index (χ0n) is 14.4. The van der Waals surface area contributed by atoms with E-state index in [1.807, 2.05) is 32.3 Å². The van der Waals surface area contributed by atoms with Crippen molar-refractivity contribution in [3.05, 3.63) is 58.7 Å². The molecule has 0 aliphatic heterocycles. The van der Waals surface area contributed by atoms with E-state index < -0.39 is 0 Å². The number of aryl methyl sites for hydroxylation is 3. The van der Waals surface area contributed by atoms with Crippen LogP contribution in [0.3, 0.4) is 0 Å². The van der Waals surface area contributed by atoms with E-state index in [9.17, 15) is 4.79 Å². The van der Waals surface area contributed by atoms with Crippen molar-refractivity contribution in [3.8, 4) is 0 Å². The number of amides is 1. The fourth-order valence-corrected chi connectivity index (χ4v) is 4.38. The Labute approximate surface area is 148 Å². The standard InChI is InChI=1S/C19H18N4OS/c1-4-23-15-10-9-13-7-5-6-8-14(13)17(15)25-19(23)20-18(24)16-12(2)11-22(3)21-16/h5-11H,4H2,1-3H3. The Kier molecular flexibility index (Phi) is 3.77. The molecule has 0 atom stereocenters. The second-order valence-corrected chi connectivity index (χ2v) is 6.99. The van der Waals surface area contributed by atoms with Gasteiger partial charge in [-0.1, -0.05) is 41.7 Å². The molecular weight excluding hydrogens is 332 g/mol. The maximum Gasteiger partial charge on any atom is 0.300 e. The number of hydrogen-bond donors (Lipinski definition) is 0. The zero-order chi connectivity index (χ0) is 17.6. The molecule has 2 heterocycles. The van der Waals surface area contributed by atoms with Crippen LogP contribution < -0.4 is 4.80 Å². The van der Waals surface area contributed by atoms with Crippen LogP contribution in [0.15, 0.2) is 47.6 Å². The van der Waals surface area contributed by atoms with Crippen molar-refractivity contribution < 1.29 is 4.79 Å². The Balaban J connectivity index is 1.96. The lowest BCUT2D eigenvalue weighted by Crippen LogP contribution is -2.16. The van der Waals surface area contributed by atoms with Crippen LogP contribution in [0.5, 0.6) is 0 Å². The van der Waals surface area contributed by atoms with Gasteiger partial charge in [0.2, 0.25) is 0 Å². The third kappa shape index (κ3) is 2.59. The van der Waals surface area contributed by atoms with Gasteiger partial charge < -0.3 is 4.57 Å². The average molecular weight is 350 g/mol. The van der Waals surface area contributed by atoms with Crippen LogP contribution in [0.25, 0.3) is 21.0 Å². The molecule has 0 fully saturated rings. The molecule has 2 aromatic heterocycles. The monoisotopic (exact) mass is 350 g/mol. The van der Waals surface area contributed by atoms with Gasteiger partial charge in [0, 0.05) is 30.7 Å². The summed E-state index contributed by atoms with van der Waals surface area (Å²) < 4.78 is 4.89. The minimum Gasteiger partial charge on any atom is -0.317 e. The van der Waals surface area contributed by atoms with E-state index in [4.69, 9.17) is 0 Å². The fourth-order valence-electron chi connectivity index (χ4n) is 3.15. The highest BCUT2D eigenvalue weighted by Gasteiger charge is 2.14. The maximum absolute atomic E-state index is 12.6. The first kappa shape index (κ1) is 15.8. The largest absolute Gasteiger partial charge is 0.317 e. The molecule has 0 saturated heterocycles. The van der Waals surface area contributed by atoms with Gasteiger partial charge in [-0.3, -0.25) is 9.48 Å². The number of thiazole rings is 1. The van der Waals surface area contributed by atoms with Crippen LogP contribution in [0.4, 0.5) is 0 Å². The van der Waals surface area contributed by atoms with Crippen molar-refractivity contribution in [1.29, 1.82) is 0 Å². The summed E-state index contributed by atoms with van der Waals surface area (Å²) in [6.45, 7) is 4.70. The van der Waals surface area contributed by atoms with E-state index in [-0.39, 0.29) is 5.91 Å². The Hall–Kier alpha value is -2.73. The van der Waals surface area contributed by atoms with Crippen molar-refractivity contribution in [2.75, 3.05) is 0 Å². The molecule has 4 aromatic rings. The van der Waals surface area contributed by atoms with Gasteiger partial charge in [0.05, 0.1) is 10.2 Å². The summed E-state index contributed by atoms with van der Waals surface area (Å²) in [6.07, 6.45) is 1.83. The third-order valence-electron chi connectivity index (χ3n) is 4.30. The number of fused-ring (bicyclic) bond motifs is 3. The van der Waals surface area contributed by atoms with Gasteiger partial charge in [0.15, 0.2) is 10.5 Å². The predicted molar refractivity (Wildman–Crippen MR) is 101 cm³/mol. The fraction of sp³-hybridized carbons (Fsp3) is 0.211. The lowest BCUT2D eigenvalue weighted by molar-refractivity contribution is 0.0992. The smallest absolute Gasteiger partial charge is 0.300 e. The molecule has 0 N–H and O–H groups in total. The van der Waals surface area contributed by atoms with E-state index in [0.29, 0.717) is 10.5 Å². The van der Waals surface area contributed by atoms with E-state index >= 15 is 0 Å². The van der Waals surface area contributed by atoms with Gasteiger partial charge in [-0.2, -0.15) is 10.1 Å². The van der Waals surface area contributed by atoms with Gasteiger partial charge in [-0.15, -0.1) is 0 Å². The van der Waals surface area contributed by atoms with Crippen LogP contribution in [0.2, 0.25) is 0 Å². The third-order valence-corrected chi connectivity index (χ3v) is 5.43. The van der Waals surface area contributed by atoms with Crippen LogP contribution in [-0.2, 0) is 13.6 Å². The number of aromatic nitrogens is 3. The van der Waals surface area contributed by atoms with E-state index in [2.05, 4.69) is 45.8 Å². The molecule has 0 aliphatic carbocycles. The first-order valence-electron chi connectivity index (χ1n) is 8.19. The molecule has 0 aliphatic rings. The number of hydrogen-bond acceptors (Lipinski definition) is 3. The number of nitrogens with zero attached hydrogens (tertiary/aromatic N) is 4. The summed E-state index contributed by atoms with van der Waals surface area (Å²) in [4.78, 5) is 17.7. The number of benzene rings is 2. The van der Waals surface area contributed by atoms with Crippen molar-refractivity contribution in [3.63, 3.8) is 0 Å². The molecule has 1 amide bonds. The van der Waals surface area contributed by atoms with Crippen LogP contribution in [0, 0.1) is 6.92 Å². The number of carbonyl (C=O) groups excluding carboxylic acids is 1. The Morgan fingerprint density at radius 3 is 2.76 bits per heavy atom. The first-order chi connectivity index (χ1) is 12.1. The summed E-state index contributed by atoms with van der Waals surface area (Å²) in [5.74, 6) is -0.295. The highest BCUT2D eigenvalue weighted by Crippen LogP contribution is 2.27. The van der Waals surface area contributed by atoms with Gasteiger partial charge in [-0.25, -0.2) is 0 Å². The normalized spacial score (nSPS) is 12.4. The highest BCUT2D eigenvalue weighted by molar-refractivity contribution is 7.17. The Morgan fingerprint density at radius 1 is 1.24 bits per heavy atom. The molecule has 0 bridgehead atoms. The zero-order valence-corrected chi connectivity index (χ0v) is 15.2. The topological polar surface area (TPSA) is 52.2 Å². The highest BCUT2D eigenvalue weighted by atomic mass is 32.1. The lowest BCUT2D eigenvalue weighted by Gasteiger charge is -2.02. The SMILES string of the molecule is CCn1c(=NC(=O)c2nn(C)cc2C)sc2c3ccccc3ccc21.